The zero-order valence-corrected chi connectivity index (χ0v) is 10.8. The van der Waals surface area contributed by atoms with Crippen molar-refractivity contribution in [3.05, 3.63) is 23.8 Å². The van der Waals surface area contributed by atoms with E-state index in [0.717, 1.165) is 30.8 Å². The molecular weight excluding hydrogens is 214 g/mol. The minimum atomic E-state index is 0.110. The van der Waals surface area contributed by atoms with Crippen LogP contribution in [0.4, 0.5) is 0 Å². The predicted molar refractivity (Wildman–Crippen MR) is 68.7 cm³/mol. The van der Waals surface area contributed by atoms with Gasteiger partial charge in [0.05, 0.1) is 14.2 Å². The lowest BCUT2D eigenvalue weighted by molar-refractivity contribution is 0.376. The van der Waals surface area contributed by atoms with Crippen LogP contribution in [0.25, 0.3) is 0 Å². The van der Waals surface area contributed by atoms with Crippen molar-refractivity contribution < 1.29 is 9.47 Å². The van der Waals surface area contributed by atoms with Gasteiger partial charge in [-0.3, -0.25) is 0 Å². The summed E-state index contributed by atoms with van der Waals surface area (Å²) < 4.78 is 10.8. The molecule has 2 N–H and O–H groups in total. The van der Waals surface area contributed by atoms with Crippen molar-refractivity contribution in [2.45, 2.75) is 37.6 Å². The largest absolute Gasteiger partial charge is 0.497 e. The van der Waals surface area contributed by atoms with Crippen molar-refractivity contribution in [1.82, 2.24) is 0 Å². The molecule has 0 amide bonds. The molecule has 17 heavy (non-hydrogen) atoms. The molecule has 0 radical (unpaired) electrons. The molecule has 3 heteroatoms. The molecule has 2 atom stereocenters. The smallest absolute Gasteiger partial charge is 0.122 e. The van der Waals surface area contributed by atoms with Crippen LogP contribution in [0.15, 0.2) is 18.2 Å². The van der Waals surface area contributed by atoms with Crippen LogP contribution in [0.1, 0.15) is 31.7 Å². The summed E-state index contributed by atoms with van der Waals surface area (Å²) in [7, 11) is 3.40. The lowest BCUT2D eigenvalue weighted by atomic mass is 9.80. The maximum Gasteiger partial charge on any atom is 0.122 e. The van der Waals surface area contributed by atoms with E-state index in [9.17, 15) is 0 Å². The van der Waals surface area contributed by atoms with Crippen LogP contribution in [-0.4, -0.2) is 20.3 Å². The minimum Gasteiger partial charge on any atom is -0.497 e. The van der Waals surface area contributed by atoms with Crippen LogP contribution in [0.5, 0.6) is 11.5 Å². The third kappa shape index (κ3) is 2.25. The molecule has 1 aromatic rings. The van der Waals surface area contributed by atoms with Crippen molar-refractivity contribution in [3.63, 3.8) is 0 Å². The molecule has 2 rings (SSSR count). The van der Waals surface area contributed by atoms with E-state index in [1.54, 1.807) is 14.2 Å². The van der Waals surface area contributed by atoms with E-state index in [1.807, 2.05) is 12.1 Å². The highest BCUT2D eigenvalue weighted by Crippen LogP contribution is 2.44. The Bertz CT molecular complexity index is 405. The standard InChI is InChI=1S/C14H21NO2/c1-14(7-6-10(15)9-14)12-8-11(16-2)4-5-13(12)17-3/h4-5,8,10H,6-7,9,15H2,1-3H3. The fourth-order valence-corrected chi connectivity index (χ4v) is 2.82. The number of hydrogen-bond donors (Lipinski definition) is 1. The van der Waals surface area contributed by atoms with E-state index in [-0.39, 0.29) is 5.41 Å². The molecule has 0 aliphatic heterocycles. The zero-order chi connectivity index (χ0) is 12.5. The molecular formula is C14H21NO2. The first-order valence-corrected chi connectivity index (χ1v) is 6.07. The highest BCUT2D eigenvalue weighted by molar-refractivity contribution is 5.45. The Morgan fingerprint density at radius 3 is 2.59 bits per heavy atom. The first kappa shape index (κ1) is 12.2. The van der Waals surface area contributed by atoms with Gasteiger partial charge in [0, 0.05) is 11.6 Å². The van der Waals surface area contributed by atoms with Crippen molar-refractivity contribution in [3.8, 4) is 11.5 Å². The predicted octanol–water partition coefficient (Wildman–Crippen LogP) is 2.47. The van der Waals surface area contributed by atoms with E-state index >= 15 is 0 Å². The van der Waals surface area contributed by atoms with Crippen molar-refractivity contribution >= 4 is 0 Å². The normalized spacial score (nSPS) is 28.1. The van der Waals surface area contributed by atoms with Crippen molar-refractivity contribution in [1.29, 1.82) is 0 Å². The molecule has 0 spiro atoms. The second-order valence-corrected chi connectivity index (χ2v) is 5.13. The Labute approximate surface area is 103 Å². The maximum absolute atomic E-state index is 6.04. The molecule has 94 valence electrons. The average Bonchev–Trinajstić information content (AvgIpc) is 2.69. The topological polar surface area (TPSA) is 44.5 Å². The molecule has 1 aromatic carbocycles. The quantitative estimate of drug-likeness (QED) is 0.875. The second kappa shape index (κ2) is 4.57. The van der Waals surface area contributed by atoms with Crippen LogP contribution in [0, 0.1) is 0 Å². The molecule has 0 heterocycles. The highest BCUT2D eigenvalue weighted by atomic mass is 16.5. The summed E-state index contributed by atoms with van der Waals surface area (Å²) in [5, 5.41) is 0. The first-order chi connectivity index (χ1) is 8.09. The molecule has 0 bridgehead atoms. The molecule has 2 unspecified atom stereocenters. The third-order valence-corrected chi connectivity index (χ3v) is 3.84. The van der Waals surface area contributed by atoms with Crippen LogP contribution < -0.4 is 15.2 Å². The SMILES string of the molecule is COc1ccc(OC)c(C2(C)CCC(N)C2)c1. The van der Waals surface area contributed by atoms with E-state index in [0.29, 0.717) is 6.04 Å². The maximum atomic E-state index is 6.04. The highest BCUT2D eigenvalue weighted by Gasteiger charge is 2.37. The van der Waals surface area contributed by atoms with Crippen LogP contribution in [-0.2, 0) is 5.41 Å². The molecule has 1 fully saturated rings. The first-order valence-electron chi connectivity index (χ1n) is 6.07. The Kier molecular flexibility index (Phi) is 3.29. The number of methoxy groups -OCH3 is 2. The van der Waals surface area contributed by atoms with E-state index in [2.05, 4.69) is 13.0 Å². The Morgan fingerprint density at radius 2 is 2.06 bits per heavy atom. The third-order valence-electron chi connectivity index (χ3n) is 3.84. The van der Waals surface area contributed by atoms with Gasteiger partial charge in [-0.25, -0.2) is 0 Å². The van der Waals surface area contributed by atoms with Gasteiger partial charge in [0.15, 0.2) is 0 Å². The lowest BCUT2D eigenvalue weighted by Crippen LogP contribution is -2.23. The van der Waals surface area contributed by atoms with Crippen LogP contribution >= 0.6 is 0 Å². The number of ether oxygens (including phenoxy) is 2. The van der Waals surface area contributed by atoms with Crippen LogP contribution in [0.2, 0.25) is 0 Å². The lowest BCUT2D eigenvalue weighted by Gasteiger charge is -2.27. The fourth-order valence-electron chi connectivity index (χ4n) is 2.82. The summed E-state index contributed by atoms with van der Waals surface area (Å²) in [6.07, 6.45) is 3.20. The summed E-state index contributed by atoms with van der Waals surface area (Å²) in [5.74, 6) is 1.81. The Hall–Kier alpha value is -1.22. The summed E-state index contributed by atoms with van der Waals surface area (Å²) in [6, 6.07) is 6.29. The van der Waals surface area contributed by atoms with Gasteiger partial charge in [-0.1, -0.05) is 6.92 Å². The monoisotopic (exact) mass is 235 g/mol. The van der Waals surface area contributed by atoms with Gasteiger partial charge in [-0.05, 0) is 42.9 Å². The summed E-state index contributed by atoms with van der Waals surface area (Å²) >= 11 is 0. The van der Waals surface area contributed by atoms with E-state index in [1.165, 1.54) is 5.56 Å². The fraction of sp³-hybridized carbons (Fsp3) is 0.571. The zero-order valence-electron chi connectivity index (χ0n) is 10.8. The molecule has 1 saturated carbocycles. The van der Waals surface area contributed by atoms with Gasteiger partial charge < -0.3 is 15.2 Å². The summed E-state index contributed by atoms with van der Waals surface area (Å²) in [5.41, 5.74) is 7.36. The van der Waals surface area contributed by atoms with Gasteiger partial charge in [0.25, 0.3) is 0 Å². The Morgan fingerprint density at radius 1 is 1.29 bits per heavy atom. The molecule has 3 nitrogen and oxygen atoms in total. The average molecular weight is 235 g/mol. The van der Waals surface area contributed by atoms with E-state index < -0.39 is 0 Å². The second-order valence-electron chi connectivity index (χ2n) is 5.13. The number of rotatable bonds is 3. The van der Waals surface area contributed by atoms with Crippen molar-refractivity contribution in [2.75, 3.05) is 14.2 Å². The molecule has 0 aromatic heterocycles. The number of nitrogens with two attached hydrogens (primary N) is 1. The molecule has 1 aliphatic rings. The van der Waals surface area contributed by atoms with E-state index in [4.69, 9.17) is 15.2 Å². The van der Waals surface area contributed by atoms with Crippen LogP contribution in [0.3, 0.4) is 0 Å². The van der Waals surface area contributed by atoms with Gasteiger partial charge in [-0.2, -0.15) is 0 Å². The Balaban J connectivity index is 2.41. The van der Waals surface area contributed by atoms with Gasteiger partial charge in [0.2, 0.25) is 0 Å². The molecule has 1 aliphatic carbocycles. The molecule has 0 saturated heterocycles. The van der Waals surface area contributed by atoms with Gasteiger partial charge in [0.1, 0.15) is 11.5 Å². The number of hydrogen-bond acceptors (Lipinski definition) is 3. The summed E-state index contributed by atoms with van der Waals surface area (Å²) in [6.45, 7) is 2.26. The van der Waals surface area contributed by atoms with Gasteiger partial charge in [-0.15, -0.1) is 0 Å². The van der Waals surface area contributed by atoms with Crippen molar-refractivity contribution in [2.24, 2.45) is 5.73 Å². The minimum absolute atomic E-state index is 0.110. The number of benzene rings is 1. The van der Waals surface area contributed by atoms with Gasteiger partial charge >= 0.3 is 0 Å². The summed E-state index contributed by atoms with van der Waals surface area (Å²) in [4.78, 5) is 0.